The average Bonchev–Trinajstić information content (AvgIpc) is 2.37. The number of aromatic nitrogens is 1. The lowest BCUT2D eigenvalue weighted by atomic mass is 9.86. The maximum Gasteiger partial charge on any atom is 0.262 e. The van der Waals surface area contributed by atoms with Crippen LogP contribution < -0.4 is 10.5 Å². The van der Waals surface area contributed by atoms with Gasteiger partial charge in [0.25, 0.3) is 10.0 Å². The van der Waals surface area contributed by atoms with Gasteiger partial charge in [0.1, 0.15) is 5.82 Å². The molecule has 0 unspecified atom stereocenters. The molecule has 2 rings (SSSR count). The molecule has 6 heteroatoms. The number of nitrogen functional groups attached to an aromatic ring is 1. The van der Waals surface area contributed by atoms with Gasteiger partial charge in [-0.1, -0.05) is 39.0 Å². The molecular formula is C15H19N3O2S. The zero-order chi connectivity index (χ0) is 15.7. The molecule has 0 bridgehead atoms. The fourth-order valence-corrected chi connectivity index (χ4v) is 3.13. The molecule has 5 nitrogen and oxygen atoms in total. The highest BCUT2D eigenvalue weighted by molar-refractivity contribution is 7.92. The minimum atomic E-state index is -3.69. The SMILES string of the molecule is CC(C)(C)c1ccccc1NS(=O)(=O)c1ccnc(N)c1. The van der Waals surface area contributed by atoms with E-state index in [-0.39, 0.29) is 16.1 Å². The van der Waals surface area contributed by atoms with E-state index >= 15 is 0 Å². The molecule has 1 heterocycles. The number of rotatable bonds is 3. The molecule has 1 aromatic heterocycles. The molecule has 2 aromatic rings. The van der Waals surface area contributed by atoms with Crippen molar-refractivity contribution in [1.29, 1.82) is 0 Å². The number of nitrogens with zero attached hydrogens (tertiary/aromatic N) is 1. The molecule has 0 amide bonds. The van der Waals surface area contributed by atoms with Gasteiger partial charge in [-0.2, -0.15) is 0 Å². The van der Waals surface area contributed by atoms with Crippen LogP contribution in [-0.2, 0) is 15.4 Å². The second-order valence-electron chi connectivity index (χ2n) is 5.82. The average molecular weight is 305 g/mol. The lowest BCUT2D eigenvalue weighted by Crippen LogP contribution is -2.19. The standard InChI is InChI=1S/C15H19N3O2S/c1-15(2,3)12-6-4-5-7-13(12)18-21(19,20)11-8-9-17-14(16)10-11/h4-10,18H,1-3H3,(H2,16,17). The third-order valence-electron chi connectivity index (χ3n) is 3.04. The highest BCUT2D eigenvalue weighted by Crippen LogP contribution is 2.30. The van der Waals surface area contributed by atoms with Crippen LogP contribution in [0.4, 0.5) is 11.5 Å². The molecule has 0 fully saturated rings. The third-order valence-corrected chi connectivity index (χ3v) is 4.41. The largest absolute Gasteiger partial charge is 0.384 e. The van der Waals surface area contributed by atoms with Gasteiger partial charge in [-0.05, 0) is 23.1 Å². The van der Waals surface area contributed by atoms with E-state index in [4.69, 9.17) is 5.73 Å². The van der Waals surface area contributed by atoms with Crippen molar-refractivity contribution >= 4 is 21.5 Å². The second-order valence-corrected chi connectivity index (χ2v) is 7.50. The van der Waals surface area contributed by atoms with E-state index in [2.05, 4.69) is 9.71 Å². The fourth-order valence-electron chi connectivity index (χ4n) is 2.02. The molecule has 0 saturated heterocycles. The number of nitrogens with two attached hydrogens (primary N) is 1. The van der Waals surface area contributed by atoms with E-state index in [0.717, 1.165) is 5.56 Å². The summed E-state index contributed by atoms with van der Waals surface area (Å²) in [4.78, 5) is 3.90. The highest BCUT2D eigenvalue weighted by Gasteiger charge is 2.21. The van der Waals surface area contributed by atoms with Crippen molar-refractivity contribution in [2.45, 2.75) is 31.1 Å². The Balaban J connectivity index is 2.43. The van der Waals surface area contributed by atoms with E-state index in [1.54, 1.807) is 12.1 Å². The molecule has 0 spiro atoms. The number of anilines is 2. The molecule has 21 heavy (non-hydrogen) atoms. The van der Waals surface area contributed by atoms with Crippen LogP contribution in [0.2, 0.25) is 0 Å². The van der Waals surface area contributed by atoms with E-state index in [0.29, 0.717) is 5.69 Å². The minimum Gasteiger partial charge on any atom is -0.384 e. The van der Waals surface area contributed by atoms with E-state index in [9.17, 15) is 8.42 Å². The summed E-state index contributed by atoms with van der Waals surface area (Å²) in [6.07, 6.45) is 1.37. The monoisotopic (exact) mass is 305 g/mol. The summed E-state index contributed by atoms with van der Waals surface area (Å²) in [5.41, 5.74) is 6.87. The Morgan fingerprint density at radius 1 is 1.14 bits per heavy atom. The molecule has 0 aliphatic heterocycles. The molecule has 0 radical (unpaired) electrons. The van der Waals surface area contributed by atoms with Gasteiger partial charge in [0.15, 0.2) is 0 Å². The Labute approximate surface area is 125 Å². The number of hydrogen-bond acceptors (Lipinski definition) is 4. The summed E-state index contributed by atoms with van der Waals surface area (Å²) in [7, 11) is -3.69. The Hall–Kier alpha value is -2.08. The van der Waals surface area contributed by atoms with Crippen molar-refractivity contribution in [2.75, 3.05) is 10.5 Å². The number of nitrogens with one attached hydrogen (secondary N) is 1. The summed E-state index contributed by atoms with van der Waals surface area (Å²) in [5.74, 6) is 0.169. The predicted octanol–water partition coefficient (Wildman–Crippen LogP) is 2.76. The van der Waals surface area contributed by atoms with Crippen molar-refractivity contribution in [2.24, 2.45) is 0 Å². The number of sulfonamides is 1. The summed E-state index contributed by atoms with van der Waals surface area (Å²) in [6, 6.07) is 10.1. The normalized spacial score (nSPS) is 12.1. The molecule has 0 aliphatic rings. The van der Waals surface area contributed by atoms with E-state index < -0.39 is 10.0 Å². The van der Waals surface area contributed by atoms with Gasteiger partial charge in [-0.15, -0.1) is 0 Å². The maximum absolute atomic E-state index is 12.4. The molecular weight excluding hydrogens is 286 g/mol. The van der Waals surface area contributed by atoms with Gasteiger partial charge in [0.2, 0.25) is 0 Å². The number of benzene rings is 1. The molecule has 0 aliphatic carbocycles. The molecule has 3 N–H and O–H groups in total. The minimum absolute atomic E-state index is 0.0960. The van der Waals surface area contributed by atoms with Crippen LogP contribution in [0.5, 0.6) is 0 Å². The first-order chi connectivity index (χ1) is 9.70. The van der Waals surface area contributed by atoms with Crippen LogP contribution >= 0.6 is 0 Å². The topological polar surface area (TPSA) is 85.1 Å². The smallest absolute Gasteiger partial charge is 0.262 e. The van der Waals surface area contributed by atoms with Gasteiger partial charge in [-0.3, -0.25) is 4.72 Å². The van der Waals surface area contributed by atoms with Crippen molar-refractivity contribution in [1.82, 2.24) is 4.98 Å². The maximum atomic E-state index is 12.4. The van der Waals surface area contributed by atoms with Crippen LogP contribution in [0.15, 0.2) is 47.5 Å². The fraction of sp³-hybridized carbons (Fsp3) is 0.267. The van der Waals surface area contributed by atoms with Gasteiger partial charge < -0.3 is 5.73 Å². The summed E-state index contributed by atoms with van der Waals surface area (Å²) >= 11 is 0. The molecule has 112 valence electrons. The van der Waals surface area contributed by atoms with Gasteiger partial charge in [0, 0.05) is 12.3 Å². The van der Waals surface area contributed by atoms with Crippen LogP contribution in [0.3, 0.4) is 0 Å². The van der Waals surface area contributed by atoms with E-state index in [1.165, 1.54) is 18.3 Å². The quantitative estimate of drug-likeness (QED) is 0.913. The second kappa shape index (κ2) is 5.37. The third kappa shape index (κ3) is 3.52. The van der Waals surface area contributed by atoms with Crippen LogP contribution in [-0.4, -0.2) is 13.4 Å². The first-order valence-electron chi connectivity index (χ1n) is 6.54. The van der Waals surface area contributed by atoms with Gasteiger partial charge >= 0.3 is 0 Å². The highest BCUT2D eigenvalue weighted by atomic mass is 32.2. The Kier molecular flexibility index (Phi) is 3.91. The van der Waals surface area contributed by atoms with Crippen LogP contribution in [0, 0.1) is 0 Å². The van der Waals surface area contributed by atoms with Crippen LogP contribution in [0.1, 0.15) is 26.3 Å². The van der Waals surface area contributed by atoms with Crippen molar-refractivity contribution in [3.63, 3.8) is 0 Å². The van der Waals surface area contributed by atoms with E-state index in [1.807, 2.05) is 32.9 Å². The lowest BCUT2D eigenvalue weighted by Gasteiger charge is -2.23. The molecule has 0 atom stereocenters. The summed E-state index contributed by atoms with van der Waals surface area (Å²) in [5, 5.41) is 0. The Morgan fingerprint density at radius 2 is 1.81 bits per heavy atom. The zero-order valence-electron chi connectivity index (χ0n) is 12.3. The predicted molar refractivity (Wildman–Crippen MR) is 84.6 cm³/mol. The van der Waals surface area contributed by atoms with Crippen LogP contribution in [0.25, 0.3) is 0 Å². The Bertz CT molecular complexity index is 750. The first-order valence-corrected chi connectivity index (χ1v) is 8.02. The number of pyridine rings is 1. The van der Waals surface area contributed by atoms with Gasteiger partial charge in [0.05, 0.1) is 10.6 Å². The summed E-state index contributed by atoms with van der Waals surface area (Å²) in [6.45, 7) is 6.10. The first kappa shape index (κ1) is 15.3. The summed E-state index contributed by atoms with van der Waals surface area (Å²) < 4.78 is 27.5. The van der Waals surface area contributed by atoms with Crippen molar-refractivity contribution < 1.29 is 8.42 Å². The van der Waals surface area contributed by atoms with Gasteiger partial charge in [-0.25, -0.2) is 13.4 Å². The number of para-hydroxylation sites is 1. The van der Waals surface area contributed by atoms with Crippen molar-refractivity contribution in [3.8, 4) is 0 Å². The number of hydrogen-bond donors (Lipinski definition) is 2. The lowest BCUT2D eigenvalue weighted by molar-refractivity contribution is 0.590. The molecule has 0 saturated carbocycles. The van der Waals surface area contributed by atoms with Crippen molar-refractivity contribution in [3.05, 3.63) is 48.2 Å². The molecule has 1 aromatic carbocycles. The zero-order valence-corrected chi connectivity index (χ0v) is 13.1. The Morgan fingerprint density at radius 3 is 2.43 bits per heavy atom.